The second-order valence-electron chi connectivity index (χ2n) is 4.20. The normalized spacial score (nSPS) is 12.2. The van der Waals surface area contributed by atoms with Gasteiger partial charge in [0, 0.05) is 6.54 Å². The number of halogens is 1. The van der Waals surface area contributed by atoms with E-state index in [1.807, 2.05) is 0 Å². The van der Waals surface area contributed by atoms with Crippen LogP contribution in [-0.2, 0) is 11.2 Å². The Labute approximate surface area is 107 Å². The summed E-state index contributed by atoms with van der Waals surface area (Å²) in [5.41, 5.74) is 12.0. The van der Waals surface area contributed by atoms with Crippen molar-refractivity contribution in [2.45, 2.75) is 25.3 Å². The molecule has 1 aromatic carbocycles. The van der Waals surface area contributed by atoms with Crippen molar-refractivity contribution in [2.75, 3.05) is 13.1 Å². The SMILES string of the molecule is NCCC[C@@H](N)C(=O)NCCc1ccc(F)cc1. The lowest BCUT2D eigenvalue weighted by atomic mass is 10.1. The molecule has 0 saturated carbocycles. The van der Waals surface area contributed by atoms with E-state index in [0.717, 1.165) is 12.0 Å². The summed E-state index contributed by atoms with van der Waals surface area (Å²) in [6.45, 7) is 1.04. The molecule has 0 aliphatic rings. The van der Waals surface area contributed by atoms with Crippen molar-refractivity contribution in [3.05, 3.63) is 35.6 Å². The number of carbonyl (C=O) groups excluding carboxylic acids is 1. The summed E-state index contributed by atoms with van der Waals surface area (Å²) in [7, 11) is 0. The number of benzene rings is 1. The Hall–Kier alpha value is -1.46. The van der Waals surface area contributed by atoms with Crippen molar-refractivity contribution < 1.29 is 9.18 Å². The molecule has 0 spiro atoms. The summed E-state index contributed by atoms with van der Waals surface area (Å²) in [4.78, 5) is 11.6. The summed E-state index contributed by atoms with van der Waals surface area (Å²) in [6, 6.07) is 5.72. The summed E-state index contributed by atoms with van der Waals surface area (Å²) in [5.74, 6) is -0.419. The molecule has 0 aliphatic heterocycles. The fourth-order valence-corrected chi connectivity index (χ4v) is 1.58. The summed E-state index contributed by atoms with van der Waals surface area (Å²) in [6.07, 6.45) is 2.00. The molecule has 0 fully saturated rings. The molecule has 1 amide bonds. The van der Waals surface area contributed by atoms with Crippen molar-refractivity contribution in [3.8, 4) is 0 Å². The highest BCUT2D eigenvalue weighted by atomic mass is 19.1. The number of rotatable bonds is 7. The van der Waals surface area contributed by atoms with Crippen LogP contribution >= 0.6 is 0 Å². The van der Waals surface area contributed by atoms with Crippen LogP contribution in [0.25, 0.3) is 0 Å². The maximum atomic E-state index is 12.7. The number of amides is 1. The number of carbonyl (C=O) groups is 1. The standard InChI is InChI=1S/C13H20FN3O/c14-11-5-3-10(4-6-11)7-9-17-13(18)12(16)2-1-8-15/h3-6,12H,1-2,7-9,15-16H2,(H,17,18)/t12-/m1/s1. The largest absolute Gasteiger partial charge is 0.354 e. The first kappa shape index (κ1) is 14.6. The fourth-order valence-electron chi connectivity index (χ4n) is 1.58. The molecule has 1 aromatic rings. The van der Waals surface area contributed by atoms with Gasteiger partial charge in [0.1, 0.15) is 5.82 Å². The fraction of sp³-hybridized carbons (Fsp3) is 0.462. The maximum absolute atomic E-state index is 12.7. The molecule has 18 heavy (non-hydrogen) atoms. The van der Waals surface area contributed by atoms with Gasteiger partial charge in [0.15, 0.2) is 0 Å². The van der Waals surface area contributed by atoms with E-state index < -0.39 is 6.04 Å². The van der Waals surface area contributed by atoms with Crippen LogP contribution in [0, 0.1) is 5.82 Å². The minimum absolute atomic E-state index is 0.162. The molecule has 5 N–H and O–H groups in total. The summed E-state index contributed by atoms with van der Waals surface area (Å²) < 4.78 is 12.7. The van der Waals surface area contributed by atoms with E-state index in [-0.39, 0.29) is 11.7 Å². The first-order valence-corrected chi connectivity index (χ1v) is 6.11. The highest BCUT2D eigenvalue weighted by Crippen LogP contribution is 2.02. The topological polar surface area (TPSA) is 81.1 Å². The van der Waals surface area contributed by atoms with Crippen LogP contribution in [0.5, 0.6) is 0 Å². The Morgan fingerprint density at radius 3 is 2.61 bits per heavy atom. The summed E-state index contributed by atoms with van der Waals surface area (Å²) in [5, 5.41) is 2.76. The molecule has 4 nitrogen and oxygen atoms in total. The molecule has 5 heteroatoms. The molecule has 0 saturated heterocycles. The Bertz CT molecular complexity index is 367. The van der Waals surface area contributed by atoms with Crippen LogP contribution in [-0.4, -0.2) is 25.0 Å². The van der Waals surface area contributed by atoms with Crippen molar-refractivity contribution in [2.24, 2.45) is 11.5 Å². The number of nitrogens with one attached hydrogen (secondary N) is 1. The van der Waals surface area contributed by atoms with Gasteiger partial charge in [-0.25, -0.2) is 4.39 Å². The molecular formula is C13H20FN3O. The Kier molecular flexibility index (Phi) is 6.32. The monoisotopic (exact) mass is 253 g/mol. The lowest BCUT2D eigenvalue weighted by molar-refractivity contribution is -0.122. The van der Waals surface area contributed by atoms with Crippen LogP contribution < -0.4 is 16.8 Å². The zero-order valence-electron chi connectivity index (χ0n) is 10.4. The number of nitrogens with two attached hydrogens (primary N) is 2. The lowest BCUT2D eigenvalue weighted by Crippen LogP contribution is -2.41. The van der Waals surface area contributed by atoms with Crippen LogP contribution in [0.1, 0.15) is 18.4 Å². The average Bonchev–Trinajstić information content (AvgIpc) is 2.38. The third-order valence-corrected chi connectivity index (χ3v) is 2.68. The van der Waals surface area contributed by atoms with Gasteiger partial charge in [0.05, 0.1) is 6.04 Å². The minimum atomic E-state index is -0.498. The van der Waals surface area contributed by atoms with Crippen molar-refractivity contribution in [3.63, 3.8) is 0 Å². The van der Waals surface area contributed by atoms with Crippen LogP contribution in [0.2, 0.25) is 0 Å². The molecule has 0 bridgehead atoms. The Morgan fingerprint density at radius 2 is 2.00 bits per heavy atom. The predicted molar refractivity (Wildman–Crippen MR) is 69.4 cm³/mol. The minimum Gasteiger partial charge on any atom is -0.354 e. The molecule has 0 unspecified atom stereocenters. The molecule has 1 rings (SSSR count). The first-order valence-electron chi connectivity index (χ1n) is 6.11. The molecule has 0 heterocycles. The third kappa shape index (κ3) is 5.25. The van der Waals surface area contributed by atoms with Crippen LogP contribution in [0.3, 0.4) is 0 Å². The van der Waals surface area contributed by atoms with Gasteiger partial charge >= 0.3 is 0 Å². The highest BCUT2D eigenvalue weighted by molar-refractivity contribution is 5.81. The Balaban J connectivity index is 2.24. The van der Waals surface area contributed by atoms with E-state index in [2.05, 4.69) is 5.32 Å². The smallest absolute Gasteiger partial charge is 0.236 e. The number of hydrogen-bond donors (Lipinski definition) is 3. The van der Waals surface area contributed by atoms with Crippen molar-refractivity contribution in [1.82, 2.24) is 5.32 Å². The molecule has 0 aromatic heterocycles. The lowest BCUT2D eigenvalue weighted by Gasteiger charge is -2.11. The molecule has 100 valence electrons. The van der Waals surface area contributed by atoms with Gasteiger partial charge in [-0.3, -0.25) is 4.79 Å². The van der Waals surface area contributed by atoms with Gasteiger partial charge in [-0.1, -0.05) is 12.1 Å². The quantitative estimate of drug-likeness (QED) is 0.664. The average molecular weight is 253 g/mol. The maximum Gasteiger partial charge on any atom is 0.236 e. The van der Waals surface area contributed by atoms with E-state index in [9.17, 15) is 9.18 Å². The molecular weight excluding hydrogens is 233 g/mol. The molecule has 1 atom stereocenters. The van der Waals surface area contributed by atoms with Gasteiger partial charge in [0.2, 0.25) is 5.91 Å². The van der Waals surface area contributed by atoms with Crippen LogP contribution in [0.4, 0.5) is 4.39 Å². The van der Waals surface area contributed by atoms with E-state index >= 15 is 0 Å². The summed E-state index contributed by atoms with van der Waals surface area (Å²) >= 11 is 0. The Morgan fingerprint density at radius 1 is 1.33 bits per heavy atom. The zero-order valence-corrected chi connectivity index (χ0v) is 10.4. The molecule has 0 radical (unpaired) electrons. The van der Waals surface area contributed by atoms with E-state index in [1.165, 1.54) is 12.1 Å². The third-order valence-electron chi connectivity index (χ3n) is 2.68. The predicted octanol–water partition coefficient (Wildman–Crippen LogP) is 0.551. The van der Waals surface area contributed by atoms with Crippen molar-refractivity contribution >= 4 is 5.91 Å². The second-order valence-corrected chi connectivity index (χ2v) is 4.20. The second kappa shape index (κ2) is 7.79. The van der Waals surface area contributed by atoms with E-state index in [4.69, 9.17) is 11.5 Å². The van der Waals surface area contributed by atoms with Gasteiger partial charge in [0.25, 0.3) is 0 Å². The first-order chi connectivity index (χ1) is 8.63. The van der Waals surface area contributed by atoms with Gasteiger partial charge in [-0.05, 0) is 43.5 Å². The van der Waals surface area contributed by atoms with Gasteiger partial charge in [-0.2, -0.15) is 0 Å². The van der Waals surface area contributed by atoms with Gasteiger partial charge < -0.3 is 16.8 Å². The van der Waals surface area contributed by atoms with Crippen molar-refractivity contribution in [1.29, 1.82) is 0 Å². The van der Waals surface area contributed by atoms with E-state index in [0.29, 0.717) is 25.9 Å². The number of hydrogen-bond acceptors (Lipinski definition) is 3. The van der Waals surface area contributed by atoms with Gasteiger partial charge in [-0.15, -0.1) is 0 Å². The zero-order chi connectivity index (χ0) is 13.4. The van der Waals surface area contributed by atoms with Crippen LogP contribution in [0.15, 0.2) is 24.3 Å². The highest BCUT2D eigenvalue weighted by Gasteiger charge is 2.11. The van der Waals surface area contributed by atoms with E-state index in [1.54, 1.807) is 12.1 Å². The molecule has 0 aliphatic carbocycles.